The first-order chi connectivity index (χ1) is 17.0. The van der Waals surface area contributed by atoms with Crippen LogP contribution in [0.5, 0.6) is 0 Å². The molecule has 7 heteroatoms. The van der Waals surface area contributed by atoms with Gasteiger partial charge < -0.3 is 20.1 Å². The molecule has 1 fully saturated rings. The summed E-state index contributed by atoms with van der Waals surface area (Å²) in [7, 11) is 1.75. The Morgan fingerprint density at radius 3 is 2.26 bits per heavy atom. The standard InChI is InChI=1S/C28H34N2O5/c1-30(17-9-8-16-26(31)32)27(33)23-14-6-7-15-25(23)29-28(34)35-18-24-21-12-4-2-10-19(21)20-11-3-5-13-22(20)24/h2-5,10-13,23-25H,6-9,14-18H2,1H3,(H,29,34)(H,31,32)/t23-,25+/m1/s1. The number of nitrogens with zero attached hydrogens (tertiary/aromatic N) is 1. The number of rotatable bonds is 9. The predicted molar refractivity (Wildman–Crippen MR) is 133 cm³/mol. The lowest BCUT2D eigenvalue weighted by molar-refractivity contribution is -0.137. The van der Waals surface area contributed by atoms with E-state index < -0.39 is 12.1 Å². The van der Waals surface area contributed by atoms with E-state index in [4.69, 9.17) is 9.84 Å². The Bertz CT molecular complexity index is 1020. The van der Waals surface area contributed by atoms with E-state index in [1.165, 1.54) is 11.1 Å². The van der Waals surface area contributed by atoms with Crippen molar-refractivity contribution in [2.24, 2.45) is 5.92 Å². The maximum Gasteiger partial charge on any atom is 0.407 e. The van der Waals surface area contributed by atoms with Crippen molar-refractivity contribution in [3.63, 3.8) is 0 Å². The van der Waals surface area contributed by atoms with Gasteiger partial charge in [-0.05, 0) is 47.9 Å². The zero-order valence-corrected chi connectivity index (χ0v) is 20.2. The van der Waals surface area contributed by atoms with Gasteiger partial charge in [0, 0.05) is 32.0 Å². The number of hydrogen-bond acceptors (Lipinski definition) is 4. The van der Waals surface area contributed by atoms with E-state index in [9.17, 15) is 14.4 Å². The SMILES string of the molecule is CN(CCCCC(=O)O)C(=O)[C@@H]1CCCC[C@@H]1NC(=O)OCC1c2ccccc2-c2ccccc21. The number of carbonyl (C=O) groups excluding carboxylic acids is 2. The number of unbranched alkanes of at least 4 members (excludes halogenated alkanes) is 1. The molecule has 0 aliphatic heterocycles. The lowest BCUT2D eigenvalue weighted by Crippen LogP contribution is -2.49. The highest BCUT2D eigenvalue weighted by molar-refractivity contribution is 5.81. The summed E-state index contributed by atoms with van der Waals surface area (Å²) in [5, 5.41) is 11.8. The number of fused-ring (bicyclic) bond motifs is 3. The van der Waals surface area contributed by atoms with Crippen LogP contribution in [0, 0.1) is 5.92 Å². The van der Waals surface area contributed by atoms with Crippen LogP contribution in [0.3, 0.4) is 0 Å². The molecule has 4 rings (SSSR count). The van der Waals surface area contributed by atoms with Crippen LogP contribution in [0.2, 0.25) is 0 Å². The predicted octanol–water partition coefficient (Wildman–Crippen LogP) is 4.80. The van der Waals surface area contributed by atoms with E-state index in [2.05, 4.69) is 29.6 Å². The van der Waals surface area contributed by atoms with E-state index in [0.29, 0.717) is 19.4 Å². The second kappa shape index (κ2) is 11.4. The van der Waals surface area contributed by atoms with E-state index in [1.807, 2.05) is 24.3 Å². The molecule has 0 bridgehead atoms. The molecule has 0 aromatic heterocycles. The van der Waals surface area contributed by atoms with Crippen LogP contribution < -0.4 is 5.32 Å². The summed E-state index contributed by atoms with van der Waals surface area (Å²) >= 11 is 0. The monoisotopic (exact) mass is 478 g/mol. The fraction of sp³-hybridized carbons (Fsp3) is 0.464. The molecule has 7 nitrogen and oxygen atoms in total. The topological polar surface area (TPSA) is 95.9 Å². The molecule has 2 amide bonds. The summed E-state index contributed by atoms with van der Waals surface area (Å²) in [4.78, 5) is 38.2. The van der Waals surface area contributed by atoms with Crippen molar-refractivity contribution in [2.75, 3.05) is 20.2 Å². The van der Waals surface area contributed by atoms with Crippen molar-refractivity contribution in [2.45, 2.75) is 56.9 Å². The van der Waals surface area contributed by atoms with Crippen molar-refractivity contribution in [3.8, 4) is 11.1 Å². The number of ether oxygens (including phenoxy) is 1. The zero-order chi connectivity index (χ0) is 24.8. The fourth-order valence-corrected chi connectivity index (χ4v) is 5.41. The van der Waals surface area contributed by atoms with Crippen LogP contribution in [0.25, 0.3) is 11.1 Å². The number of alkyl carbamates (subject to hydrolysis) is 1. The summed E-state index contributed by atoms with van der Waals surface area (Å²) in [5.74, 6) is -1.11. The quantitative estimate of drug-likeness (QED) is 0.505. The van der Waals surface area contributed by atoms with Gasteiger partial charge in [-0.1, -0.05) is 61.4 Å². The lowest BCUT2D eigenvalue weighted by atomic mass is 9.83. The molecule has 2 aliphatic carbocycles. The van der Waals surface area contributed by atoms with E-state index in [1.54, 1.807) is 11.9 Å². The number of carboxylic acids is 1. The van der Waals surface area contributed by atoms with Gasteiger partial charge in [0.25, 0.3) is 0 Å². The van der Waals surface area contributed by atoms with E-state index in [-0.39, 0.29) is 36.8 Å². The molecule has 186 valence electrons. The van der Waals surface area contributed by atoms with Crippen molar-refractivity contribution in [1.29, 1.82) is 0 Å². The lowest BCUT2D eigenvalue weighted by Gasteiger charge is -2.33. The molecule has 0 unspecified atom stereocenters. The minimum Gasteiger partial charge on any atom is -0.481 e. The van der Waals surface area contributed by atoms with E-state index >= 15 is 0 Å². The average Bonchev–Trinajstić information content (AvgIpc) is 3.19. The van der Waals surface area contributed by atoms with Crippen LogP contribution in [-0.4, -0.2) is 54.2 Å². The van der Waals surface area contributed by atoms with Gasteiger partial charge in [0.1, 0.15) is 6.61 Å². The molecule has 0 spiro atoms. The Kier molecular flexibility index (Phi) is 8.06. The maximum absolute atomic E-state index is 13.1. The highest BCUT2D eigenvalue weighted by Crippen LogP contribution is 2.44. The van der Waals surface area contributed by atoms with Gasteiger partial charge in [-0.2, -0.15) is 0 Å². The fourth-order valence-electron chi connectivity index (χ4n) is 5.41. The maximum atomic E-state index is 13.1. The molecule has 2 aliphatic rings. The Balaban J connectivity index is 1.33. The van der Waals surface area contributed by atoms with Crippen LogP contribution in [0.15, 0.2) is 48.5 Å². The van der Waals surface area contributed by atoms with Crippen molar-refractivity contribution in [1.82, 2.24) is 10.2 Å². The Morgan fingerprint density at radius 1 is 0.971 bits per heavy atom. The third kappa shape index (κ3) is 5.84. The van der Waals surface area contributed by atoms with Crippen LogP contribution >= 0.6 is 0 Å². The summed E-state index contributed by atoms with van der Waals surface area (Å²) < 4.78 is 5.70. The first-order valence-corrected chi connectivity index (χ1v) is 12.5. The second-order valence-corrected chi connectivity index (χ2v) is 9.58. The number of nitrogens with one attached hydrogen (secondary N) is 1. The molecule has 35 heavy (non-hydrogen) atoms. The first-order valence-electron chi connectivity index (χ1n) is 12.5. The van der Waals surface area contributed by atoms with Gasteiger partial charge in [-0.3, -0.25) is 9.59 Å². The van der Waals surface area contributed by atoms with Gasteiger partial charge in [-0.15, -0.1) is 0 Å². The van der Waals surface area contributed by atoms with Crippen molar-refractivity contribution < 1.29 is 24.2 Å². The number of benzene rings is 2. The minimum absolute atomic E-state index is 0.00368. The summed E-state index contributed by atoms with van der Waals surface area (Å²) in [5.41, 5.74) is 4.69. The third-order valence-electron chi connectivity index (χ3n) is 7.24. The first kappa shape index (κ1) is 24.8. The smallest absolute Gasteiger partial charge is 0.407 e. The van der Waals surface area contributed by atoms with Gasteiger partial charge in [0.05, 0.1) is 5.92 Å². The normalized spacial score (nSPS) is 18.9. The summed E-state index contributed by atoms with van der Waals surface area (Å²) in [6.45, 7) is 0.759. The molecule has 1 saturated carbocycles. The molecular formula is C28H34N2O5. The van der Waals surface area contributed by atoms with Crippen LogP contribution in [0.1, 0.15) is 62.0 Å². The van der Waals surface area contributed by atoms with Crippen molar-refractivity contribution in [3.05, 3.63) is 59.7 Å². The van der Waals surface area contributed by atoms with E-state index in [0.717, 1.165) is 36.8 Å². The summed E-state index contributed by atoms with van der Waals surface area (Å²) in [6.07, 6.45) is 4.19. The molecule has 2 aromatic rings. The van der Waals surface area contributed by atoms with Crippen LogP contribution in [-0.2, 0) is 14.3 Å². The minimum atomic E-state index is -0.821. The third-order valence-corrected chi connectivity index (χ3v) is 7.24. The Labute approximate surface area is 206 Å². The Morgan fingerprint density at radius 2 is 1.60 bits per heavy atom. The average molecular weight is 479 g/mol. The van der Waals surface area contributed by atoms with Gasteiger partial charge in [-0.25, -0.2) is 4.79 Å². The van der Waals surface area contributed by atoms with Gasteiger partial charge >= 0.3 is 12.1 Å². The zero-order valence-electron chi connectivity index (χ0n) is 20.2. The molecule has 0 heterocycles. The number of hydrogen-bond donors (Lipinski definition) is 2. The highest BCUT2D eigenvalue weighted by atomic mass is 16.5. The number of carboxylic acid groups (broad SMARTS) is 1. The molecule has 0 saturated heterocycles. The number of amides is 2. The second-order valence-electron chi connectivity index (χ2n) is 9.58. The van der Waals surface area contributed by atoms with Crippen LogP contribution in [0.4, 0.5) is 4.79 Å². The molecule has 2 N–H and O–H groups in total. The van der Waals surface area contributed by atoms with Crippen molar-refractivity contribution >= 4 is 18.0 Å². The van der Waals surface area contributed by atoms with Gasteiger partial charge in [0.15, 0.2) is 0 Å². The summed E-state index contributed by atoms with van der Waals surface area (Å²) in [6, 6.07) is 16.2. The molecule has 2 aromatic carbocycles. The molecule has 2 atom stereocenters. The number of aliphatic carboxylic acids is 1. The molecule has 0 radical (unpaired) electrons. The molecular weight excluding hydrogens is 444 g/mol. The van der Waals surface area contributed by atoms with Gasteiger partial charge in [0.2, 0.25) is 5.91 Å². The highest BCUT2D eigenvalue weighted by Gasteiger charge is 2.35. The number of carbonyl (C=O) groups is 3. The largest absolute Gasteiger partial charge is 0.481 e. The Hall–Kier alpha value is -3.35.